The molecule has 148 valence electrons. The highest BCUT2D eigenvalue weighted by molar-refractivity contribution is 6.01. The van der Waals surface area contributed by atoms with Crippen LogP contribution < -0.4 is 4.74 Å². The van der Waals surface area contributed by atoms with Crippen LogP contribution in [0.2, 0.25) is 0 Å². The minimum Gasteiger partial charge on any atom is -0.423 e. The van der Waals surface area contributed by atoms with Crippen molar-refractivity contribution >= 4 is 28.0 Å². The molecule has 30 heavy (non-hydrogen) atoms. The molecule has 2 aromatic heterocycles. The smallest absolute Gasteiger partial charge is 0.335 e. The Morgan fingerprint density at radius 3 is 2.63 bits per heavy atom. The van der Waals surface area contributed by atoms with Crippen LogP contribution in [0.15, 0.2) is 85.7 Å². The minimum atomic E-state index is -0.502. The molecule has 4 rings (SSSR count). The average molecular weight is 395 g/mol. The molecule has 0 unspecified atom stereocenters. The normalized spacial score (nSPS) is 11.8. The molecule has 0 aliphatic heterocycles. The summed E-state index contributed by atoms with van der Waals surface area (Å²) in [5.74, 6) is -0.0359. The van der Waals surface area contributed by atoms with Crippen molar-refractivity contribution in [2.24, 2.45) is 0 Å². The van der Waals surface area contributed by atoms with Gasteiger partial charge in [0, 0.05) is 22.6 Å². The Hall–Kier alpha value is -3.99. The van der Waals surface area contributed by atoms with E-state index in [2.05, 4.69) is 35.8 Å². The van der Waals surface area contributed by atoms with Crippen LogP contribution >= 0.6 is 0 Å². The molecule has 0 radical (unpaired) electrons. The van der Waals surface area contributed by atoms with Gasteiger partial charge in [-0.05, 0) is 29.7 Å². The molecule has 1 N–H and O–H groups in total. The molecule has 0 fully saturated rings. The number of benzene rings is 2. The van der Waals surface area contributed by atoms with E-state index in [4.69, 9.17) is 9.72 Å². The molecule has 5 heteroatoms. The monoisotopic (exact) mass is 395 g/mol. The maximum absolute atomic E-state index is 12.0. The van der Waals surface area contributed by atoms with Crippen molar-refractivity contribution in [2.45, 2.75) is 13.3 Å². The molecular formula is C25H21N3O2. The quantitative estimate of drug-likeness (QED) is 0.205. The summed E-state index contributed by atoms with van der Waals surface area (Å²) in [6, 6.07) is 19.7. The second-order valence-corrected chi connectivity index (χ2v) is 6.72. The second kappa shape index (κ2) is 8.57. The van der Waals surface area contributed by atoms with E-state index in [0.717, 1.165) is 51.4 Å². The Morgan fingerprint density at radius 1 is 1.10 bits per heavy atom. The molecule has 0 saturated carbocycles. The second-order valence-electron chi connectivity index (χ2n) is 6.72. The minimum absolute atomic E-state index is 0.466. The molecular weight excluding hydrogens is 374 g/mol. The fourth-order valence-electron chi connectivity index (χ4n) is 3.51. The lowest BCUT2D eigenvalue weighted by atomic mass is 9.90. The van der Waals surface area contributed by atoms with Gasteiger partial charge in [-0.2, -0.15) is 5.10 Å². The SMILES string of the molecule is C=CC(=O)Oc1ccccc1/C(=C(/CC)c1ccccc1)c1cc2cn[nH]c2cn1. The number of carbonyl (C=O) groups is 1. The molecule has 2 aromatic carbocycles. The number of fused-ring (bicyclic) bond motifs is 1. The number of rotatable bonds is 6. The van der Waals surface area contributed by atoms with E-state index >= 15 is 0 Å². The van der Waals surface area contributed by atoms with Gasteiger partial charge in [-0.1, -0.05) is 62.0 Å². The molecule has 0 spiro atoms. The lowest BCUT2D eigenvalue weighted by Crippen LogP contribution is -2.06. The predicted molar refractivity (Wildman–Crippen MR) is 119 cm³/mol. The van der Waals surface area contributed by atoms with Crippen LogP contribution in [-0.4, -0.2) is 21.2 Å². The third-order valence-electron chi connectivity index (χ3n) is 4.89. The van der Waals surface area contributed by atoms with Gasteiger partial charge in [0.2, 0.25) is 0 Å². The van der Waals surface area contributed by atoms with Gasteiger partial charge < -0.3 is 4.74 Å². The van der Waals surface area contributed by atoms with Gasteiger partial charge >= 0.3 is 5.97 Å². The Balaban J connectivity index is 2.01. The van der Waals surface area contributed by atoms with Crippen LogP contribution in [0.25, 0.3) is 22.0 Å². The number of H-pyrrole nitrogens is 1. The molecule has 2 heterocycles. The van der Waals surface area contributed by atoms with E-state index < -0.39 is 5.97 Å². The highest BCUT2D eigenvalue weighted by atomic mass is 16.5. The van der Waals surface area contributed by atoms with Crippen molar-refractivity contribution in [3.05, 3.63) is 103 Å². The Kier molecular flexibility index (Phi) is 5.52. The van der Waals surface area contributed by atoms with Crippen LogP contribution in [0.3, 0.4) is 0 Å². The maximum atomic E-state index is 12.0. The van der Waals surface area contributed by atoms with Gasteiger partial charge in [0.1, 0.15) is 5.75 Å². The van der Waals surface area contributed by atoms with Crippen LogP contribution in [0.1, 0.15) is 30.2 Å². The van der Waals surface area contributed by atoms with Gasteiger partial charge in [-0.25, -0.2) is 4.79 Å². The van der Waals surface area contributed by atoms with E-state index in [9.17, 15) is 4.79 Å². The first-order chi connectivity index (χ1) is 14.7. The Labute approximate surface area is 174 Å². The van der Waals surface area contributed by atoms with Crippen molar-refractivity contribution in [1.82, 2.24) is 15.2 Å². The number of ether oxygens (including phenoxy) is 1. The number of allylic oxidation sites excluding steroid dienone is 1. The largest absolute Gasteiger partial charge is 0.423 e. The Bertz CT molecular complexity index is 1240. The lowest BCUT2D eigenvalue weighted by molar-refractivity contribution is -0.128. The van der Waals surface area contributed by atoms with Crippen LogP contribution in [-0.2, 0) is 4.79 Å². The number of nitrogens with zero attached hydrogens (tertiary/aromatic N) is 2. The lowest BCUT2D eigenvalue weighted by Gasteiger charge is -2.18. The summed E-state index contributed by atoms with van der Waals surface area (Å²) in [7, 11) is 0. The Morgan fingerprint density at radius 2 is 1.87 bits per heavy atom. The summed E-state index contributed by atoms with van der Waals surface area (Å²) in [5, 5.41) is 8.00. The zero-order chi connectivity index (χ0) is 20.9. The summed E-state index contributed by atoms with van der Waals surface area (Å²) in [5.41, 5.74) is 5.55. The molecule has 0 saturated heterocycles. The van der Waals surface area contributed by atoms with Crippen molar-refractivity contribution in [1.29, 1.82) is 0 Å². The van der Waals surface area contributed by atoms with Gasteiger partial charge in [0.25, 0.3) is 0 Å². The predicted octanol–water partition coefficient (Wildman–Crippen LogP) is 5.42. The zero-order valence-electron chi connectivity index (χ0n) is 16.6. The van der Waals surface area contributed by atoms with Gasteiger partial charge in [0.05, 0.1) is 23.6 Å². The number of aromatic amines is 1. The topological polar surface area (TPSA) is 67.9 Å². The molecule has 4 aromatic rings. The summed E-state index contributed by atoms with van der Waals surface area (Å²) in [4.78, 5) is 16.7. The molecule has 0 aliphatic rings. The van der Waals surface area contributed by atoms with E-state index in [1.807, 2.05) is 42.5 Å². The van der Waals surface area contributed by atoms with E-state index in [1.54, 1.807) is 18.5 Å². The van der Waals surface area contributed by atoms with Gasteiger partial charge in [0.15, 0.2) is 0 Å². The molecule has 0 amide bonds. The number of pyridine rings is 1. The average Bonchev–Trinajstić information content (AvgIpc) is 3.26. The summed E-state index contributed by atoms with van der Waals surface area (Å²) < 4.78 is 5.56. The van der Waals surface area contributed by atoms with E-state index in [-0.39, 0.29) is 0 Å². The van der Waals surface area contributed by atoms with Crippen molar-refractivity contribution < 1.29 is 9.53 Å². The number of nitrogens with one attached hydrogen (secondary N) is 1. The fourth-order valence-corrected chi connectivity index (χ4v) is 3.51. The van der Waals surface area contributed by atoms with Crippen molar-refractivity contribution in [3.63, 3.8) is 0 Å². The number of carbonyl (C=O) groups excluding carboxylic acids is 1. The van der Waals surface area contributed by atoms with Crippen LogP contribution in [0.5, 0.6) is 5.75 Å². The number of hydrogen-bond donors (Lipinski definition) is 1. The number of para-hydroxylation sites is 1. The third-order valence-corrected chi connectivity index (χ3v) is 4.89. The number of aromatic nitrogens is 3. The standard InChI is InChI=1S/C25H21N3O2/c1-3-19(17-10-6-5-7-11-17)25(21-14-18-15-27-28-22(18)16-26-21)20-12-8-9-13-23(20)30-24(29)4-2/h4-16H,2-3H2,1H3,(H,27,28)/b25-19+. The summed E-state index contributed by atoms with van der Waals surface area (Å²) in [6.45, 7) is 5.62. The van der Waals surface area contributed by atoms with E-state index in [0.29, 0.717) is 5.75 Å². The molecule has 5 nitrogen and oxygen atoms in total. The summed E-state index contributed by atoms with van der Waals surface area (Å²) in [6.07, 6.45) is 5.48. The fraction of sp³-hybridized carbons (Fsp3) is 0.0800. The highest BCUT2D eigenvalue weighted by Crippen LogP contribution is 2.38. The molecule has 0 aliphatic carbocycles. The molecule has 0 atom stereocenters. The highest BCUT2D eigenvalue weighted by Gasteiger charge is 2.19. The first kappa shape index (κ1) is 19.3. The van der Waals surface area contributed by atoms with Crippen LogP contribution in [0, 0.1) is 0 Å². The van der Waals surface area contributed by atoms with Crippen molar-refractivity contribution in [3.8, 4) is 5.75 Å². The molecule has 0 bridgehead atoms. The maximum Gasteiger partial charge on any atom is 0.335 e. The number of hydrogen-bond acceptors (Lipinski definition) is 4. The van der Waals surface area contributed by atoms with Crippen molar-refractivity contribution in [2.75, 3.05) is 0 Å². The third kappa shape index (κ3) is 3.78. The van der Waals surface area contributed by atoms with Gasteiger partial charge in [-0.3, -0.25) is 10.1 Å². The zero-order valence-corrected chi connectivity index (χ0v) is 16.6. The van der Waals surface area contributed by atoms with E-state index in [1.165, 1.54) is 0 Å². The summed E-state index contributed by atoms with van der Waals surface area (Å²) >= 11 is 0. The number of esters is 1. The first-order valence-corrected chi connectivity index (χ1v) is 9.73. The van der Waals surface area contributed by atoms with Crippen LogP contribution in [0.4, 0.5) is 0 Å². The first-order valence-electron chi connectivity index (χ1n) is 9.73. The van der Waals surface area contributed by atoms with Gasteiger partial charge in [-0.15, -0.1) is 0 Å².